The van der Waals surface area contributed by atoms with Crippen molar-refractivity contribution in [3.63, 3.8) is 0 Å². The Bertz CT molecular complexity index is 585. The molecule has 18 heavy (non-hydrogen) atoms. The van der Waals surface area contributed by atoms with E-state index in [1.165, 1.54) is 6.07 Å². The number of halogens is 2. The van der Waals surface area contributed by atoms with Crippen LogP contribution in [0.2, 0.25) is 5.22 Å². The maximum absolute atomic E-state index is 10.9. The minimum atomic E-state index is -0.442. The molecular formula is C11H8BrClN2O3. The fraction of sp³-hybridized carbons (Fsp3) is 0.0909. The van der Waals surface area contributed by atoms with Crippen LogP contribution in [0, 0.1) is 10.1 Å². The van der Waals surface area contributed by atoms with Gasteiger partial charge in [0.25, 0.3) is 5.69 Å². The van der Waals surface area contributed by atoms with Crippen molar-refractivity contribution in [2.75, 3.05) is 5.32 Å². The summed E-state index contributed by atoms with van der Waals surface area (Å²) in [6.45, 7) is 0.329. The summed E-state index contributed by atoms with van der Waals surface area (Å²) < 4.78 is 5.81. The number of benzene rings is 1. The van der Waals surface area contributed by atoms with Gasteiger partial charge in [0.15, 0.2) is 5.22 Å². The van der Waals surface area contributed by atoms with Gasteiger partial charge in [-0.3, -0.25) is 10.1 Å². The minimum Gasteiger partial charge on any atom is -0.448 e. The Morgan fingerprint density at radius 3 is 2.78 bits per heavy atom. The van der Waals surface area contributed by atoms with Crippen LogP contribution in [0.3, 0.4) is 0 Å². The lowest BCUT2D eigenvalue weighted by Gasteiger charge is -2.05. The first kappa shape index (κ1) is 12.9. The highest BCUT2D eigenvalue weighted by molar-refractivity contribution is 9.10. The maximum Gasteiger partial charge on any atom is 0.293 e. The fourth-order valence-electron chi connectivity index (χ4n) is 1.43. The molecule has 7 heteroatoms. The fourth-order valence-corrected chi connectivity index (χ4v) is 1.95. The Morgan fingerprint density at radius 2 is 2.17 bits per heavy atom. The summed E-state index contributed by atoms with van der Waals surface area (Å²) in [7, 11) is 0. The van der Waals surface area contributed by atoms with Gasteiger partial charge in [0.1, 0.15) is 11.4 Å². The molecule has 0 bridgehead atoms. The summed E-state index contributed by atoms with van der Waals surface area (Å²) in [5.74, 6) is 0.609. The molecule has 0 aliphatic heterocycles. The summed E-state index contributed by atoms with van der Waals surface area (Å²) in [6, 6.07) is 8.13. The highest BCUT2D eigenvalue weighted by atomic mass is 79.9. The van der Waals surface area contributed by atoms with Crippen molar-refractivity contribution in [1.29, 1.82) is 0 Å². The second-order valence-electron chi connectivity index (χ2n) is 3.48. The molecule has 0 amide bonds. The third kappa shape index (κ3) is 3.02. The first-order valence-electron chi connectivity index (χ1n) is 4.98. The smallest absolute Gasteiger partial charge is 0.293 e. The molecule has 0 atom stereocenters. The van der Waals surface area contributed by atoms with E-state index in [1.54, 1.807) is 24.3 Å². The summed E-state index contributed by atoms with van der Waals surface area (Å²) in [5.41, 5.74) is 0.428. The third-order valence-corrected chi connectivity index (χ3v) is 2.93. The lowest BCUT2D eigenvalue weighted by Crippen LogP contribution is -2.01. The Labute approximate surface area is 116 Å². The summed E-state index contributed by atoms with van der Waals surface area (Å²) in [6.07, 6.45) is 0. The van der Waals surface area contributed by atoms with Crippen molar-refractivity contribution < 1.29 is 9.34 Å². The number of furan rings is 1. The van der Waals surface area contributed by atoms with Crippen LogP contribution in [0.4, 0.5) is 11.4 Å². The SMILES string of the molecule is O=[N+]([O-])c1cc(Br)ccc1NCc1ccc(Cl)o1. The number of hydrogen-bond acceptors (Lipinski definition) is 4. The molecule has 1 aromatic heterocycles. The number of nitro groups is 1. The molecule has 1 heterocycles. The Kier molecular flexibility index (Phi) is 3.88. The molecule has 0 unspecified atom stereocenters. The Balaban J connectivity index is 2.16. The zero-order valence-corrected chi connectivity index (χ0v) is 11.4. The molecule has 0 saturated carbocycles. The summed E-state index contributed by atoms with van der Waals surface area (Å²) in [4.78, 5) is 10.4. The molecule has 0 saturated heterocycles. The molecule has 0 spiro atoms. The van der Waals surface area contributed by atoms with E-state index in [0.717, 1.165) is 0 Å². The van der Waals surface area contributed by atoms with Gasteiger partial charge in [-0.25, -0.2) is 0 Å². The topological polar surface area (TPSA) is 68.3 Å². The first-order chi connectivity index (χ1) is 8.56. The molecule has 0 aliphatic rings. The normalized spacial score (nSPS) is 10.3. The number of rotatable bonds is 4. The molecular weight excluding hydrogens is 323 g/mol. The van der Waals surface area contributed by atoms with Gasteiger partial charge in [-0.1, -0.05) is 15.9 Å². The molecule has 0 radical (unpaired) electrons. The van der Waals surface area contributed by atoms with Crippen molar-refractivity contribution >= 4 is 38.9 Å². The first-order valence-corrected chi connectivity index (χ1v) is 6.15. The number of nitro benzene ring substituents is 1. The van der Waals surface area contributed by atoms with Crippen molar-refractivity contribution in [2.24, 2.45) is 0 Å². The van der Waals surface area contributed by atoms with Crippen molar-refractivity contribution in [3.8, 4) is 0 Å². The van der Waals surface area contributed by atoms with Gasteiger partial charge >= 0.3 is 0 Å². The molecule has 0 aliphatic carbocycles. The highest BCUT2D eigenvalue weighted by Gasteiger charge is 2.14. The van der Waals surface area contributed by atoms with Crippen LogP contribution in [0.5, 0.6) is 0 Å². The monoisotopic (exact) mass is 330 g/mol. The molecule has 2 rings (SSSR count). The zero-order valence-electron chi connectivity index (χ0n) is 9.02. The second-order valence-corrected chi connectivity index (χ2v) is 4.77. The van der Waals surface area contributed by atoms with E-state index in [-0.39, 0.29) is 10.9 Å². The van der Waals surface area contributed by atoms with E-state index in [0.29, 0.717) is 22.5 Å². The van der Waals surface area contributed by atoms with E-state index in [4.69, 9.17) is 16.0 Å². The van der Waals surface area contributed by atoms with E-state index in [2.05, 4.69) is 21.2 Å². The van der Waals surface area contributed by atoms with Crippen LogP contribution in [-0.2, 0) is 6.54 Å². The van der Waals surface area contributed by atoms with Crippen LogP contribution in [0.15, 0.2) is 39.2 Å². The number of anilines is 1. The predicted molar refractivity (Wildman–Crippen MR) is 71.8 cm³/mol. The van der Waals surface area contributed by atoms with Gasteiger partial charge < -0.3 is 9.73 Å². The number of nitrogens with one attached hydrogen (secondary N) is 1. The largest absolute Gasteiger partial charge is 0.448 e. The van der Waals surface area contributed by atoms with Gasteiger partial charge in [-0.15, -0.1) is 0 Å². The lowest BCUT2D eigenvalue weighted by molar-refractivity contribution is -0.384. The van der Waals surface area contributed by atoms with E-state index >= 15 is 0 Å². The maximum atomic E-state index is 10.9. The van der Waals surface area contributed by atoms with Gasteiger partial charge in [-0.05, 0) is 35.9 Å². The summed E-state index contributed by atoms with van der Waals surface area (Å²) in [5, 5.41) is 14.1. The lowest BCUT2D eigenvalue weighted by atomic mass is 10.2. The molecule has 1 aromatic carbocycles. The molecule has 2 aromatic rings. The number of hydrogen-bond donors (Lipinski definition) is 1. The van der Waals surface area contributed by atoms with Gasteiger partial charge in [0.2, 0.25) is 0 Å². The zero-order chi connectivity index (χ0) is 13.1. The molecule has 1 N–H and O–H groups in total. The molecule has 94 valence electrons. The Hall–Kier alpha value is -1.53. The van der Waals surface area contributed by atoms with Crippen LogP contribution in [0.25, 0.3) is 0 Å². The second kappa shape index (κ2) is 5.41. The summed E-state index contributed by atoms with van der Waals surface area (Å²) >= 11 is 8.83. The Morgan fingerprint density at radius 1 is 1.39 bits per heavy atom. The van der Waals surface area contributed by atoms with E-state index in [1.807, 2.05) is 0 Å². The van der Waals surface area contributed by atoms with E-state index in [9.17, 15) is 10.1 Å². The minimum absolute atomic E-state index is 0.00188. The third-order valence-electron chi connectivity index (χ3n) is 2.24. The highest BCUT2D eigenvalue weighted by Crippen LogP contribution is 2.28. The van der Waals surface area contributed by atoms with Crippen LogP contribution < -0.4 is 5.32 Å². The average molecular weight is 332 g/mol. The average Bonchev–Trinajstić information content (AvgIpc) is 2.73. The predicted octanol–water partition coefficient (Wildman–Crippen LogP) is 4.22. The van der Waals surface area contributed by atoms with Crippen LogP contribution in [0.1, 0.15) is 5.76 Å². The van der Waals surface area contributed by atoms with Gasteiger partial charge in [-0.2, -0.15) is 0 Å². The molecule has 0 fully saturated rings. The van der Waals surface area contributed by atoms with Crippen LogP contribution in [-0.4, -0.2) is 4.92 Å². The van der Waals surface area contributed by atoms with Crippen molar-refractivity contribution in [1.82, 2.24) is 0 Å². The van der Waals surface area contributed by atoms with Crippen LogP contribution >= 0.6 is 27.5 Å². The van der Waals surface area contributed by atoms with E-state index < -0.39 is 4.92 Å². The van der Waals surface area contributed by atoms with Crippen molar-refractivity contribution in [2.45, 2.75) is 6.54 Å². The standard InChI is InChI=1S/C11H8BrClN2O3/c12-7-1-3-9(10(5-7)15(16)17)14-6-8-2-4-11(13)18-8/h1-5,14H,6H2. The number of nitrogens with zero attached hydrogens (tertiary/aromatic N) is 1. The van der Waals surface area contributed by atoms with Gasteiger partial charge in [0.05, 0.1) is 11.5 Å². The van der Waals surface area contributed by atoms with Gasteiger partial charge in [0, 0.05) is 10.5 Å². The quantitative estimate of drug-likeness (QED) is 0.673. The van der Waals surface area contributed by atoms with Crippen molar-refractivity contribution in [3.05, 3.63) is 55.9 Å². The molecule has 5 nitrogen and oxygen atoms in total.